The molecule has 0 spiro atoms. The Labute approximate surface area is 203 Å². The van der Waals surface area contributed by atoms with E-state index < -0.39 is 0 Å². The van der Waals surface area contributed by atoms with Gasteiger partial charge in [0.05, 0.1) is 25.1 Å². The number of furan rings is 1. The summed E-state index contributed by atoms with van der Waals surface area (Å²) in [7, 11) is 0. The minimum Gasteiger partial charge on any atom is -0.449 e. The number of fused-ring (bicyclic) bond motifs is 1. The first-order valence-corrected chi connectivity index (χ1v) is 11.9. The molecule has 0 unspecified atom stereocenters. The number of aryl methyl sites for hydroxylation is 2. The van der Waals surface area contributed by atoms with Gasteiger partial charge in [-0.1, -0.05) is 37.6 Å². The molecule has 1 fully saturated rings. The summed E-state index contributed by atoms with van der Waals surface area (Å²) in [5, 5.41) is 4.75. The van der Waals surface area contributed by atoms with Gasteiger partial charge in [0.1, 0.15) is 17.0 Å². The Bertz CT molecular complexity index is 1440. The Morgan fingerprint density at radius 3 is 2.57 bits per heavy atom. The number of ether oxygens (including phenoxy) is 1. The van der Waals surface area contributed by atoms with Crippen molar-refractivity contribution in [2.24, 2.45) is 0 Å². The summed E-state index contributed by atoms with van der Waals surface area (Å²) < 4.78 is 13.5. The summed E-state index contributed by atoms with van der Waals surface area (Å²) in [6, 6.07) is 12.2. The average molecular weight is 472 g/mol. The van der Waals surface area contributed by atoms with Gasteiger partial charge in [0.25, 0.3) is 5.95 Å². The van der Waals surface area contributed by atoms with E-state index in [1.54, 1.807) is 10.9 Å². The number of nitrogens with zero attached hydrogens (tertiary/aromatic N) is 6. The lowest BCUT2D eigenvalue weighted by Crippen LogP contribution is -2.37. The summed E-state index contributed by atoms with van der Waals surface area (Å²) >= 11 is 0. The average Bonchev–Trinajstić information content (AvgIpc) is 3.64. The molecule has 5 aromatic rings. The molecule has 1 aromatic carbocycles. The number of anilines is 1. The van der Waals surface area contributed by atoms with Crippen LogP contribution in [0.3, 0.4) is 0 Å². The third-order valence-corrected chi connectivity index (χ3v) is 5.73. The molecule has 0 bridgehead atoms. The van der Waals surface area contributed by atoms with Crippen molar-refractivity contribution in [3.05, 3.63) is 60.2 Å². The van der Waals surface area contributed by atoms with E-state index in [9.17, 15) is 0 Å². The van der Waals surface area contributed by atoms with Crippen LogP contribution in [0, 0.1) is 13.8 Å². The smallest absolute Gasteiger partial charge is 0.253 e. The van der Waals surface area contributed by atoms with E-state index in [4.69, 9.17) is 24.2 Å². The number of morpholine rings is 1. The zero-order chi connectivity index (χ0) is 24.4. The van der Waals surface area contributed by atoms with E-state index in [-0.39, 0.29) is 0 Å². The van der Waals surface area contributed by atoms with Crippen LogP contribution < -0.4 is 4.90 Å². The van der Waals surface area contributed by atoms with Gasteiger partial charge < -0.3 is 19.0 Å². The lowest BCUT2D eigenvalue weighted by atomic mass is 10.1. The second-order valence-electron chi connectivity index (χ2n) is 8.17. The van der Waals surface area contributed by atoms with Gasteiger partial charge in [-0.2, -0.15) is 10.1 Å². The largest absolute Gasteiger partial charge is 0.449 e. The summed E-state index contributed by atoms with van der Waals surface area (Å²) in [5.41, 5.74) is 5.29. The number of nitrogens with one attached hydrogen (secondary N) is 1. The van der Waals surface area contributed by atoms with E-state index >= 15 is 0 Å². The van der Waals surface area contributed by atoms with Gasteiger partial charge in [-0.25, -0.2) is 14.6 Å². The predicted octanol–water partition coefficient (Wildman–Crippen LogP) is 4.95. The zero-order valence-electron chi connectivity index (χ0n) is 20.4. The number of imidazole rings is 1. The Balaban J connectivity index is 0.00000124. The highest BCUT2D eigenvalue weighted by molar-refractivity contribution is 5.88. The second kappa shape index (κ2) is 9.71. The molecule has 0 atom stereocenters. The summed E-state index contributed by atoms with van der Waals surface area (Å²) in [6.07, 6.45) is 3.65. The summed E-state index contributed by atoms with van der Waals surface area (Å²) in [6.45, 7) is 10.7. The van der Waals surface area contributed by atoms with Crippen LogP contribution in [-0.4, -0.2) is 56.0 Å². The maximum atomic E-state index is 6.22. The molecule has 0 saturated carbocycles. The topological polar surface area (TPSA) is 97.9 Å². The molecule has 0 aliphatic carbocycles. The Kier molecular flexibility index (Phi) is 6.33. The monoisotopic (exact) mass is 471 g/mol. The Morgan fingerprint density at radius 2 is 1.83 bits per heavy atom. The van der Waals surface area contributed by atoms with Crippen molar-refractivity contribution >= 4 is 16.9 Å². The van der Waals surface area contributed by atoms with Crippen molar-refractivity contribution in [3.63, 3.8) is 0 Å². The van der Waals surface area contributed by atoms with Crippen molar-refractivity contribution in [2.45, 2.75) is 27.7 Å². The minimum atomic E-state index is 0.496. The third kappa shape index (κ3) is 4.54. The normalized spacial score (nSPS) is 13.7. The van der Waals surface area contributed by atoms with Crippen LogP contribution in [0.25, 0.3) is 39.8 Å². The molecule has 180 valence electrons. The van der Waals surface area contributed by atoms with Crippen LogP contribution in [0.1, 0.15) is 25.2 Å². The van der Waals surface area contributed by atoms with E-state index in [0.717, 1.165) is 47.2 Å². The van der Waals surface area contributed by atoms with E-state index in [1.165, 1.54) is 5.56 Å². The van der Waals surface area contributed by atoms with Crippen LogP contribution in [0.4, 0.5) is 5.82 Å². The van der Waals surface area contributed by atoms with Crippen LogP contribution in [0.15, 0.2) is 53.2 Å². The van der Waals surface area contributed by atoms with Gasteiger partial charge in [0.2, 0.25) is 0 Å². The fourth-order valence-electron chi connectivity index (χ4n) is 4.07. The Hall–Kier alpha value is -3.98. The quantitative estimate of drug-likeness (QED) is 0.396. The van der Waals surface area contributed by atoms with E-state index in [1.807, 2.05) is 45.2 Å². The number of aromatic amines is 1. The van der Waals surface area contributed by atoms with Crippen LogP contribution in [0.2, 0.25) is 0 Å². The van der Waals surface area contributed by atoms with Crippen LogP contribution in [-0.2, 0) is 4.74 Å². The van der Waals surface area contributed by atoms with Crippen molar-refractivity contribution in [3.8, 4) is 28.7 Å². The van der Waals surface area contributed by atoms with Crippen molar-refractivity contribution in [1.29, 1.82) is 0 Å². The van der Waals surface area contributed by atoms with Crippen LogP contribution in [0.5, 0.6) is 0 Å². The standard InChI is InChI=1S/C24H23N7O2.C2H6/c1-15-4-3-5-17(12-15)18-6-7-31(29-18)24-27-19-13-21(20-14-25-16(2)26-20)33-22(19)23(28-24)30-8-10-32-11-9-30;1-2/h3-7,12-14H,8-11H2,1-2H3,(H,25,26);1-2H3. The summed E-state index contributed by atoms with van der Waals surface area (Å²) in [4.78, 5) is 19.3. The molecule has 0 radical (unpaired) electrons. The molecular weight excluding hydrogens is 442 g/mol. The lowest BCUT2D eigenvalue weighted by molar-refractivity contribution is 0.122. The highest BCUT2D eigenvalue weighted by atomic mass is 16.5. The van der Waals surface area contributed by atoms with Gasteiger partial charge in [-0.05, 0) is 26.0 Å². The molecule has 1 N–H and O–H groups in total. The van der Waals surface area contributed by atoms with Gasteiger partial charge in [0.15, 0.2) is 17.2 Å². The molecule has 1 aliphatic rings. The van der Waals surface area contributed by atoms with Gasteiger partial charge in [0, 0.05) is 30.9 Å². The second-order valence-corrected chi connectivity index (χ2v) is 8.17. The molecule has 0 amide bonds. The third-order valence-electron chi connectivity index (χ3n) is 5.73. The first kappa shape index (κ1) is 22.8. The number of hydrogen-bond acceptors (Lipinski definition) is 7. The maximum absolute atomic E-state index is 6.22. The minimum absolute atomic E-state index is 0.496. The molecule has 9 heteroatoms. The number of rotatable bonds is 4. The molecule has 6 rings (SSSR count). The summed E-state index contributed by atoms with van der Waals surface area (Å²) in [5.74, 6) is 2.74. The fourth-order valence-corrected chi connectivity index (χ4v) is 4.07. The molecule has 9 nitrogen and oxygen atoms in total. The number of hydrogen-bond donors (Lipinski definition) is 1. The molecule has 1 saturated heterocycles. The zero-order valence-corrected chi connectivity index (χ0v) is 20.4. The predicted molar refractivity (Wildman–Crippen MR) is 136 cm³/mol. The molecule has 35 heavy (non-hydrogen) atoms. The molecule has 1 aliphatic heterocycles. The molecule has 5 heterocycles. The molecule has 4 aromatic heterocycles. The highest BCUT2D eigenvalue weighted by Crippen LogP contribution is 2.32. The van der Waals surface area contributed by atoms with Gasteiger partial charge in [-0.3, -0.25) is 0 Å². The lowest BCUT2D eigenvalue weighted by Gasteiger charge is -2.27. The first-order chi connectivity index (χ1) is 17.1. The highest BCUT2D eigenvalue weighted by Gasteiger charge is 2.22. The van der Waals surface area contributed by atoms with Gasteiger partial charge >= 0.3 is 0 Å². The van der Waals surface area contributed by atoms with Crippen molar-refractivity contribution in [1.82, 2.24) is 29.7 Å². The number of aromatic nitrogens is 6. The van der Waals surface area contributed by atoms with E-state index in [0.29, 0.717) is 30.5 Å². The maximum Gasteiger partial charge on any atom is 0.253 e. The first-order valence-electron chi connectivity index (χ1n) is 11.9. The van der Waals surface area contributed by atoms with Crippen molar-refractivity contribution in [2.75, 3.05) is 31.2 Å². The SMILES string of the molecule is CC.Cc1cccc(-c2ccn(-c3nc(N4CCOCC4)c4oc(-c5cnc(C)[nH]5)cc4n3)n2)c1. The van der Waals surface area contributed by atoms with Crippen molar-refractivity contribution < 1.29 is 9.15 Å². The van der Waals surface area contributed by atoms with E-state index in [2.05, 4.69) is 40.0 Å². The number of H-pyrrole nitrogens is 1. The Morgan fingerprint density at radius 1 is 1.00 bits per heavy atom. The molecular formula is C26H29N7O2. The number of benzene rings is 1. The fraction of sp³-hybridized carbons (Fsp3) is 0.308. The van der Waals surface area contributed by atoms with Gasteiger partial charge in [-0.15, -0.1) is 0 Å². The van der Waals surface area contributed by atoms with Crippen LogP contribution >= 0.6 is 0 Å².